The molecule has 2 aliphatic heterocycles. The maximum Gasteiger partial charge on any atom is 0.332 e. The zero-order valence-corrected chi connectivity index (χ0v) is 15.8. The lowest BCUT2D eigenvalue weighted by Gasteiger charge is -2.39. The van der Waals surface area contributed by atoms with Gasteiger partial charge in [0.25, 0.3) is 0 Å². The SMILES string of the molecule is CC(C)(C)OC(=O)COC1(c2cccnc2Br)COC2(CNC2)C1. The van der Waals surface area contributed by atoms with Crippen molar-refractivity contribution in [1.29, 1.82) is 0 Å². The number of hydrogen-bond acceptors (Lipinski definition) is 6. The van der Waals surface area contributed by atoms with Gasteiger partial charge in [-0.2, -0.15) is 0 Å². The van der Waals surface area contributed by atoms with Crippen molar-refractivity contribution in [3.63, 3.8) is 0 Å². The number of hydrogen-bond donors (Lipinski definition) is 1. The van der Waals surface area contributed by atoms with Crippen molar-refractivity contribution in [2.24, 2.45) is 0 Å². The van der Waals surface area contributed by atoms with Gasteiger partial charge in [-0.25, -0.2) is 9.78 Å². The third-order valence-corrected chi connectivity index (χ3v) is 4.88. The fourth-order valence-electron chi connectivity index (χ4n) is 3.16. The van der Waals surface area contributed by atoms with Crippen LogP contribution in [-0.2, 0) is 24.6 Å². The Labute approximate surface area is 150 Å². The van der Waals surface area contributed by atoms with Crippen LogP contribution in [0.3, 0.4) is 0 Å². The number of aromatic nitrogens is 1. The fourth-order valence-corrected chi connectivity index (χ4v) is 3.77. The molecule has 1 spiro atoms. The molecular weight excluding hydrogens is 376 g/mol. The number of carbonyl (C=O) groups excluding carboxylic acids is 1. The van der Waals surface area contributed by atoms with Gasteiger partial charge in [0.2, 0.25) is 0 Å². The van der Waals surface area contributed by atoms with Crippen LogP contribution in [0.5, 0.6) is 0 Å². The summed E-state index contributed by atoms with van der Waals surface area (Å²) >= 11 is 3.50. The molecule has 24 heavy (non-hydrogen) atoms. The Morgan fingerprint density at radius 3 is 2.75 bits per heavy atom. The number of esters is 1. The molecule has 2 saturated heterocycles. The number of rotatable bonds is 4. The molecular formula is C17H23BrN2O4. The van der Waals surface area contributed by atoms with Crippen LogP contribution in [0, 0.1) is 0 Å². The number of ether oxygens (including phenoxy) is 3. The van der Waals surface area contributed by atoms with Crippen molar-refractivity contribution < 1.29 is 19.0 Å². The van der Waals surface area contributed by atoms with E-state index in [0.29, 0.717) is 17.6 Å². The van der Waals surface area contributed by atoms with Crippen molar-refractivity contribution in [2.45, 2.75) is 44.0 Å². The van der Waals surface area contributed by atoms with E-state index in [0.717, 1.165) is 18.7 Å². The highest BCUT2D eigenvalue weighted by Crippen LogP contribution is 2.46. The minimum atomic E-state index is -0.702. The smallest absolute Gasteiger partial charge is 0.332 e. The van der Waals surface area contributed by atoms with Gasteiger partial charge < -0.3 is 19.5 Å². The van der Waals surface area contributed by atoms with Gasteiger partial charge in [-0.15, -0.1) is 0 Å². The van der Waals surface area contributed by atoms with E-state index in [1.54, 1.807) is 6.20 Å². The van der Waals surface area contributed by atoms with Crippen molar-refractivity contribution in [3.8, 4) is 0 Å². The largest absolute Gasteiger partial charge is 0.458 e. The first kappa shape index (κ1) is 17.8. The van der Waals surface area contributed by atoms with Crippen LogP contribution in [0.1, 0.15) is 32.8 Å². The van der Waals surface area contributed by atoms with Gasteiger partial charge in [0, 0.05) is 31.3 Å². The first-order valence-corrected chi connectivity index (χ1v) is 8.85. The molecule has 0 aliphatic carbocycles. The van der Waals surface area contributed by atoms with Gasteiger partial charge in [0.15, 0.2) is 0 Å². The Hall–Kier alpha value is -1.02. The number of nitrogens with one attached hydrogen (secondary N) is 1. The zero-order valence-electron chi connectivity index (χ0n) is 14.2. The molecule has 0 bridgehead atoms. The van der Waals surface area contributed by atoms with E-state index in [4.69, 9.17) is 14.2 Å². The van der Waals surface area contributed by atoms with Crippen LogP contribution >= 0.6 is 15.9 Å². The molecule has 1 aromatic heterocycles. The summed E-state index contributed by atoms with van der Waals surface area (Å²) < 4.78 is 18.2. The maximum atomic E-state index is 12.1. The number of halogens is 1. The molecule has 132 valence electrons. The molecule has 2 fully saturated rings. The zero-order chi connectivity index (χ0) is 17.4. The summed E-state index contributed by atoms with van der Waals surface area (Å²) in [7, 11) is 0. The highest BCUT2D eigenvalue weighted by Gasteiger charge is 2.55. The molecule has 0 amide bonds. The third kappa shape index (κ3) is 3.64. The van der Waals surface area contributed by atoms with Gasteiger partial charge in [-0.1, -0.05) is 6.07 Å². The lowest BCUT2D eigenvalue weighted by atomic mass is 9.83. The monoisotopic (exact) mass is 398 g/mol. The van der Waals surface area contributed by atoms with E-state index in [2.05, 4.69) is 26.2 Å². The number of carbonyl (C=O) groups is 1. The van der Waals surface area contributed by atoms with Gasteiger partial charge >= 0.3 is 5.97 Å². The summed E-state index contributed by atoms with van der Waals surface area (Å²) in [6.45, 7) is 7.38. The molecule has 1 N–H and O–H groups in total. The second-order valence-electron chi connectivity index (χ2n) is 7.46. The third-order valence-electron chi connectivity index (χ3n) is 4.25. The second-order valence-corrected chi connectivity index (χ2v) is 8.21. The van der Waals surface area contributed by atoms with E-state index in [-0.39, 0.29) is 18.2 Å². The molecule has 0 radical (unpaired) electrons. The molecule has 1 atom stereocenters. The molecule has 0 aromatic carbocycles. The second kappa shape index (κ2) is 6.37. The van der Waals surface area contributed by atoms with E-state index in [9.17, 15) is 4.79 Å². The van der Waals surface area contributed by atoms with Crippen LogP contribution in [0.25, 0.3) is 0 Å². The molecule has 6 nitrogen and oxygen atoms in total. The van der Waals surface area contributed by atoms with Crippen molar-refractivity contribution in [1.82, 2.24) is 10.3 Å². The van der Waals surface area contributed by atoms with Crippen LogP contribution in [-0.4, -0.2) is 48.5 Å². The molecule has 2 aliphatic rings. The number of nitrogens with zero attached hydrogens (tertiary/aromatic N) is 1. The summed E-state index contributed by atoms with van der Waals surface area (Å²) in [6.07, 6.45) is 2.39. The Kier molecular flexibility index (Phi) is 4.72. The molecule has 7 heteroatoms. The summed E-state index contributed by atoms with van der Waals surface area (Å²) in [6, 6.07) is 3.82. The van der Waals surface area contributed by atoms with E-state index in [1.165, 1.54) is 0 Å². The van der Waals surface area contributed by atoms with Crippen molar-refractivity contribution in [3.05, 3.63) is 28.5 Å². The lowest BCUT2D eigenvalue weighted by Crippen LogP contribution is -2.59. The normalized spacial score (nSPS) is 25.5. The van der Waals surface area contributed by atoms with E-state index in [1.807, 2.05) is 32.9 Å². The Bertz CT molecular complexity index is 627. The lowest BCUT2D eigenvalue weighted by molar-refractivity contribution is -0.168. The summed E-state index contributed by atoms with van der Waals surface area (Å²) in [5.74, 6) is -0.380. The summed E-state index contributed by atoms with van der Waals surface area (Å²) in [5, 5.41) is 3.24. The van der Waals surface area contributed by atoms with E-state index < -0.39 is 11.2 Å². The summed E-state index contributed by atoms with van der Waals surface area (Å²) in [5.41, 5.74) is -0.555. The molecule has 0 saturated carbocycles. The van der Waals surface area contributed by atoms with Crippen LogP contribution in [0.2, 0.25) is 0 Å². The standard InChI is InChI=1S/C17H23BrN2O4/c1-15(2,3)24-13(21)7-22-17(12-5-4-6-20-14(12)18)8-16(23-11-17)9-19-10-16/h4-6,19H,7-11H2,1-3H3. The van der Waals surface area contributed by atoms with Gasteiger partial charge in [0.1, 0.15) is 22.4 Å². The number of pyridine rings is 1. The van der Waals surface area contributed by atoms with Gasteiger partial charge in [0.05, 0.1) is 12.2 Å². The van der Waals surface area contributed by atoms with Crippen molar-refractivity contribution in [2.75, 3.05) is 26.3 Å². The molecule has 3 heterocycles. The van der Waals surface area contributed by atoms with Crippen molar-refractivity contribution >= 4 is 21.9 Å². The average Bonchev–Trinajstić information content (AvgIpc) is 2.85. The Morgan fingerprint density at radius 1 is 1.46 bits per heavy atom. The first-order valence-electron chi connectivity index (χ1n) is 8.05. The predicted molar refractivity (Wildman–Crippen MR) is 91.6 cm³/mol. The summed E-state index contributed by atoms with van der Waals surface area (Å²) in [4.78, 5) is 16.4. The fraction of sp³-hybridized carbons (Fsp3) is 0.647. The van der Waals surface area contributed by atoms with Crippen LogP contribution in [0.15, 0.2) is 22.9 Å². The Morgan fingerprint density at radius 2 is 2.21 bits per heavy atom. The highest BCUT2D eigenvalue weighted by atomic mass is 79.9. The Balaban J connectivity index is 1.79. The highest BCUT2D eigenvalue weighted by molar-refractivity contribution is 9.10. The van der Waals surface area contributed by atoms with Crippen LogP contribution in [0.4, 0.5) is 0 Å². The maximum absolute atomic E-state index is 12.1. The molecule has 1 aromatic rings. The average molecular weight is 399 g/mol. The quantitative estimate of drug-likeness (QED) is 0.618. The van der Waals surface area contributed by atoms with Crippen LogP contribution < -0.4 is 5.32 Å². The predicted octanol–water partition coefficient (Wildman–Crippen LogP) is 2.16. The van der Waals surface area contributed by atoms with Gasteiger partial charge in [-0.3, -0.25) is 0 Å². The minimum absolute atomic E-state index is 0.120. The molecule has 3 rings (SSSR count). The minimum Gasteiger partial charge on any atom is -0.458 e. The van der Waals surface area contributed by atoms with E-state index >= 15 is 0 Å². The first-order chi connectivity index (χ1) is 11.2. The molecule has 1 unspecified atom stereocenters. The topological polar surface area (TPSA) is 69.7 Å². The van der Waals surface area contributed by atoms with Gasteiger partial charge in [-0.05, 0) is 42.8 Å².